The van der Waals surface area contributed by atoms with Gasteiger partial charge in [-0.2, -0.15) is 0 Å². The van der Waals surface area contributed by atoms with Gasteiger partial charge in [0.05, 0.1) is 5.52 Å². The summed E-state index contributed by atoms with van der Waals surface area (Å²) in [4.78, 5) is 0. The Bertz CT molecular complexity index is 523. The van der Waals surface area contributed by atoms with E-state index in [2.05, 4.69) is 43.7 Å². The Balaban J connectivity index is 2.67. The quantitative estimate of drug-likeness (QED) is 0.859. The Morgan fingerprint density at radius 2 is 2.00 bits per heavy atom. The largest absolute Gasteiger partial charge is 0.346 e. The molecule has 0 atom stereocenters. The maximum absolute atomic E-state index is 5.69. The fourth-order valence-electron chi connectivity index (χ4n) is 2.69. The highest BCUT2D eigenvalue weighted by Crippen LogP contribution is 2.27. The number of aryl methyl sites for hydroxylation is 3. The summed E-state index contributed by atoms with van der Waals surface area (Å²) in [5.74, 6) is 0. The van der Waals surface area contributed by atoms with Crippen LogP contribution in [0.1, 0.15) is 30.0 Å². The van der Waals surface area contributed by atoms with Crippen LogP contribution in [0.4, 0.5) is 0 Å². The monoisotopic (exact) mass is 230 g/mol. The van der Waals surface area contributed by atoms with Gasteiger partial charge in [-0.3, -0.25) is 0 Å². The Hall–Kier alpha value is -1.28. The standard InChI is InChI=1S/C15H22N2/c1-4-5-13-10-17(7-6-16)15-12(3)8-11(2)9-14(13)15/h8-10H,4-7,16H2,1-3H3. The summed E-state index contributed by atoms with van der Waals surface area (Å²) in [5.41, 5.74) is 11.2. The third-order valence-electron chi connectivity index (χ3n) is 3.28. The first-order chi connectivity index (χ1) is 8.17. The Morgan fingerprint density at radius 3 is 2.65 bits per heavy atom. The molecule has 0 radical (unpaired) electrons. The van der Waals surface area contributed by atoms with E-state index in [9.17, 15) is 0 Å². The molecule has 1 heterocycles. The third kappa shape index (κ3) is 2.22. The molecule has 0 saturated heterocycles. The minimum atomic E-state index is 0.697. The van der Waals surface area contributed by atoms with Gasteiger partial charge in [0.2, 0.25) is 0 Å². The van der Waals surface area contributed by atoms with Gasteiger partial charge in [0, 0.05) is 24.7 Å². The summed E-state index contributed by atoms with van der Waals surface area (Å²) >= 11 is 0. The first kappa shape index (κ1) is 12.2. The van der Waals surface area contributed by atoms with Gasteiger partial charge in [-0.1, -0.05) is 25.0 Å². The third-order valence-corrected chi connectivity index (χ3v) is 3.28. The van der Waals surface area contributed by atoms with Crippen LogP contribution < -0.4 is 5.73 Å². The van der Waals surface area contributed by atoms with E-state index in [0.29, 0.717) is 6.54 Å². The molecular weight excluding hydrogens is 208 g/mol. The van der Waals surface area contributed by atoms with E-state index in [1.54, 1.807) is 0 Å². The molecule has 2 aromatic rings. The van der Waals surface area contributed by atoms with Gasteiger partial charge >= 0.3 is 0 Å². The smallest absolute Gasteiger partial charge is 0.0513 e. The van der Waals surface area contributed by atoms with Crippen molar-refractivity contribution in [2.24, 2.45) is 5.73 Å². The second-order valence-corrected chi connectivity index (χ2v) is 4.86. The predicted octanol–water partition coefficient (Wildman–Crippen LogP) is 3.17. The van der Waals surface area contributed by atoms with Crippen molar-refractivity contribution in [3.63, 3.8) is 0 Å². The minimum Gasteiger partial charge on any atom is -0.346 e. The molecule has 2 rings (SSSR count). The first-order valence-electron chi connectivity index (χ1n) is 6.46. The lowest BCUT2D eigenvalue weighted by atomic mass is 10.0. The van der Waals surface area contributed by atoms with E-state index in [1.165, 1.54) is 34.0 Å². The molecule has 0 aliphatic heterocycles. The first-order valence-corrected chi connectivity index (χ1v) is 6.46. The highest BCUT2D eigenvalue weighted by atomic mass is 15.0. The van der Waals surface area contributed by atoms with Crippen molar-refractivity contribution in [1.82, 2.24) is 4.57 Å². The van der Waals surface area contributed by atoms with Crippen molar-refractivity contribution in [3.05, 3.63) is 35.0 Å². The maximum Gasteiger partial charge on any atom is 0.0513 e. The number of hydrogen-bond donors (Lipinski definition) is 1. The van der Waals surface area contributed by atoms with Crippen LogP contribution in [0.2, 0.25) is 0 Å². The average molecular weight is 230 g/mol. The van der Waals surface area contributed by atoms with Crippen LogP contribution >= 0.6 is 0 Å². The van der Waals surface area contributed by atoms with Crippen LogP contribution in [0.15, 0.2) is 18.3 Å². The molecule has 0 bridgehead atoms. The topological polar surface area (TPSA) is 30.9 Å². The number of benzene rings is 1. The SMILES string of the molecule is CCCc1cn(CCN)c2c(C)cc(C)cc12. The molecule has 0 aliphatic carbocycles. The van der Waals surface area contributed by atoms with E-state index in [0.717, 1.165) is 13.0 Å². The molecule has 2 nitrogen and oxygen atoms in total. The molecule has 0 aliphatic rings. The molecule has 0 unspecified atom stereocenters. The molecule has 2 heteroatoms. The van der Waals surface area contributed by atoms with Gasteiger partial charge in [-0.25, -0.2) is 0 Å². The normalized spacial score (nSPS) is 11.3. The van der Waals surface area contributed by atoms with Crippen molar-refractivity contribution in [2.75, 3.05) is 6.54 Å². The molecule has 1 aromatic heterocycles. The minimum absolute atomic E-state index is 0.697. The number of nitrogens with zero attached hydrogens (tertiary/aromatic N) is 1. The Labute approximate surface area is 103 Å². The average Bonchev–Trinajstić information content (AvgIpc) is 2.58. The summed E-state index contributed by atoms with van der Waals surface area (Å²) in [5, 5.41) is 1.41. The molecule has 17 heavy (non-hydrogen) atoms. The summed E-state index contributed by atoms with van der Waals surface area (Å²) < 4.78 is 2.31. The van der Waals surface area contributed by atoms with E-state index >= 15 is 0 Å². The van der Waals surface area contributed by atoms with E-state index in [-0.39, 0.29) is 0 Å². The number of rotatable bonds is 4. The zero-order valence-corrected chi connectivity index (χ0v) is 11.1. The van der Waals surface area contributed by atoms with Crippen molar-refractivity contribution in [2.45, 2.75) is 40.2 Å². The van der Waals surface area contributed by atoms with Gasteiger partial charge in [0.15, 0.2) is 0 Å². The second kappa shape index (κ2) is 4.92. The maximum atomic E-state index is 5.69. The molecule has 0 fully saturated rings. The van der Waals surface area contributed by atoms with Gasteiger partial charge in [-0.15, -0.1) is 0 Å². The zero-order chi connectivity index (χ0) is 12.4. The van der Waals surface area contributed by atoms with Gasteiger partial charge in [-0.05, 0) is 37.5 Å². The molecule has 92 valence electrons. The molecule has 0 amide bonds. The lowest BCUT2D eigenvalue weighted by Crippen LogP contribution is -2.09. The van der Waals surface area contributed by atoms with Crippen LogP contribution in [-0.4, -0.2) is 11.1 Å². The van der Waals surface area contributed by atoms with E-state index < -0.39 is 0 Å². The van der Waals surface area contributed by atoms with Crippen LogP contribution in [0, 0.1) is 13.8 Å². The van der Waals surface area contributed by atoms with Crippen LogP contribution in [0.5, 0.6) is 0 Å². The molecule has 2 N–H and O–H groups in total. The lowest BCUT2D eigenvalue weighted by molar-refractivity contribution is 0.729. The van der Waals surface area contributed by atoms with Crippen molar-refractivity contribution < 1.29 is 0 Å². The highest BCUT2D eigenvalue weighted by Gasteiger charge is 2.10. The Kier molecular flexibility index (Phi) is 3.53. The zero-order valence-electron chi connectivity index (χ0n) is 11.1. The molecule has 1 aromatic carbocycles. The number of fused-ring (bicyclic) bond motifs is 1. The van der Waals surface area contributed by atoms with Crippen molar-refractivity contribution >= 4 is 10.9 Å². The van der Waals surface area contributed by atoms with Gasteiger partial charge in [0.1, 0.15) is 0 Å². The van der Waals surface area contributed by atoms with Gasteiger partial charge < -0.3 is 10.3 Å². The van der Waals surface area contributed by atoms with Crippen LogP contribution in [-0.2, 0) is 13.0 Å². The van der Waals surface area contributed by atoms with Gasteiger partial charge in [0.25, 0.3) is 0 Å². The molecule has 0 saturated carbocycles. The number of hydrogen-bond acceptors (Lipinski definition) is 1. The predicted molar refractivity (Wildman–Crippen MR) is 74.5 cm³/mol. The van der Waals surface area contributed by atoms with E-state index in [1.807, 2.05) is 0 Å². The van der Waals surface area contributed by atoms with Crippen LogP contribution in [0.3, 0.4) is 0 Å². The molecular formula is C15H22N2. The fraction of sp³-hybridized carbons (Fsp3) is 0.467. The summed E-state index contributed by atoms with van der Waals surface area (Å²) in [6.07, 6.45) is 4.62. The fourth-order valence-corrected chi connectivity index (χ4v) is 2.69. The van der Waals surface area contributed by atoms with Crippen LogP contribution in [0.25, 0.3) is 10.9 Å². The second-order valence-electron chi connectivity index (χ2n) is 4.86. The highest BCUT2D eigenvalue weighted by molar-refractivity contribution is 5.87. The summed E-state index contributed by atoms with van der Waals surface area (Å²) in [6, 6.07) is 4.56. The number of nitrogens with two attached hydrogens (primary N) is 1. The summed E-state index contributed by atoms with van der Waals surface area (Å²) in [6.45, 7) is 8.20. The van der Waals surface area contributed by atoms with E-state index in [4.69, 9.17) is 5.73 Å². The number of aromatic nitrogens is 1. The summed E-state index contributed by atoms with van der Waals surface area (Å²) in [7, 11) is 0. The van der Waals surface area contributed by atoms with Crippen molar-refractivity contribution in [1.29, 1.82) is 0 Å². The Morgan fingerprint density at radius 1 is 1.24 bits per heavy atom. The molecule has 0 spiro atoms. The lowest BCUT2D eigenvalue weighted by Gasteiger charge is -2.06. The van der Waals surface area contributed by atoms with Crippen molar-refractivity contribution in [3.8, 4) is 0 Å².